The van der Waals surface area contributed by atoms with Gasteiger partial charge in [0.15, 0.2) is 5.82 Å². The summed E-state index contributed by atoms with van der Waals surface area (Å²) in [5, 5.41) is 3.21. The fraction of sp³-hybridized carbons (Fsp3) is 0.692. The van der Waals surface area contributed by atoms with Crippen molar-refractivity contribution >= 4 is 5.82 Å². The smallest absolute Gasteiger partial charge is 0.293 e. The van der Waals surface area contributed by atoms with Crippen molar-refractivity contribution in [3.8, 4) is 0 Å². The second kappa shape index (κ2) is 3.59. The summed E-state index contributed by atoms with van der Waals surface area (Å²) in [5.41, 5.74) is 0.477. The van der Waals surface area contributed by atoms with Crippen LogP contribution in [0.4, 0.5) is 5.82 Å². The zero-order valence-electron chi connectivity index (χ0n) is 10.4. The van der Waals surface area contributed by atoms with Crippen molar-refractivity contribution in [1.29, 1.82) is 0 Å². The highest BCUT2D eigenvalue weighted by atomic mass is 16.1. The van der Waals surface area contributed by atoms with Crippen LogP contribution in [0.1, 0.15) is 39.2 Å². The van der Waals surface area contributed by atoms with Crippen LogP contribution in [0.2, 0.25) is 0 Å². The van der Waals surface area contributed by atoms with E-state index < -0.39 is 0 Å². The molecular weight excluding hydrogens is 214 g/mol. The maximum atomic E-state index is 12.1. The molecular formula is C13H19N3O. The van der Waals surface area contributed by atoms with Crippen LogP contribution in [0.15, 0.2) is 17.2 Å². The first kappa shape index (κ1) is 10.8. The van der Waals surface area contributed by atoms with E-state index in [1.807, 2.05) is 4.57 Å². The average molecular weight is 233 g/mol. The molecule has 0 bridgehead atoms. The van der Waals surface area contributed by atoms with Crippen molar-refractivity contribution in [3.05, 3.63) is 22.7 Å². The molecule has 0 aliphatic heterocycles. The number of nitrogens with one attached hydrogen (secondary N) is 1. The zero-order valence-corrected chi connectivity index (χ0v) is 10.4. The van der Waals surface area contributed by atoms with Gasteiger partial charge in [-0.1, -0.05) is 13.8 Å². The molecule has 2 aliphatic carbocycles. The summed E-state index contributed by atoms with van der Waals surface area (Å²) in [7, 11) is 0. The van der Waals surface area contributed by atoms with Crippen LogP contribution >= 0.6 is 0 Å². The van der Waals surface area contributed by atoms with Crippen LogP contribution in [-0.4, -0.2) is 16.1 Å². The quantitative estimate of drug-likeness (QED) is 0.865. The Balaban J connectivity index is 1.70. The van der Waals surface area contributed by atoms with Gasteiger partial charge in [0.1, 0.15) is 0 Å². The molecule has 1 heterocycles. The Hall–Kier alpha value is -1.32. The van der Waals surface area contributed by atoms with E-state index in [1.165, 1.54) is 6.42 Å². The van der Waals surface area contributed by atoms with Crippen LogP contribution < -0.4 is 10.9 Å². The van der Waals surface area contributed by atoms with Crippen molar-refractivity contribution in [3.63, 3.8) is 0 Å². The molecule has 2 saturated carbocycles. The third-order valence-corrected chi connectivity index (χ3v) is 4.04. The first-order valence-electron chi connectivity index (χ1n) is 6.39. The highest BCUT2D eigenvalue weighted by Gasteiger charge is 2.45. The van der Waals surface area contributed by atoms with Gasteiger partial charge in [-0.25, -0.2) is 4.98 Å². The minimum absolute atomic E-state index is 0.0356. The molecule has 1 atom stereocenters. The van der Waals surface area contributed by atoms with Crippen LogP contribution in [0.3, 0.4) is 0 Å². The van der Waals surface area contributed by atoms with Gasteiger partial charge in [-0.15, -0.1) is 0 Å². The number of anilines is 1. The fourth-order valence-corrected chi connectivity index (χ4v) is 2.33. The largest absolute Gasteiger partial charge is 0.365 e. The minimum Gasteiger partial charge on any atom is -0.365 e. The average Bonchev–Trinajstić information content (AvgIpc) is 3.15. The molecule has 1 unspecified atom stereocenters. The van der Waals surface area contributed by atoms with Crippen LogP contribution in [0.5, 0.6) is 0 Å². The first-order chi connectivity index (χ1) is 8.08. The lowest BCUT2D eigenvalue weighted by atomic mass is 10.1. The minimum atomic E-state index is 0.0356. The van der Waals surface area contributed by atoms with Crippen molar-refractivity contribution in [2.24, 2.45) is 11.3 Å². The molecule has 0 aromatic carbocycles. The number of hydrogen-bond donors (Lipinski definition) is 1. The summed E-state index contributed by atoms with van der Waals surface area (Å²) in [6.07, 6.45) is 7.01. The van der Waals surface area contributed by atoms with Crippen LogP contribution in [-0.2, 0) is 0 Å². The van der Waals surface area contributed by atoms with Crippen molar-refractivity contribution < 1.29 is 0 Å². The molecule has 4 nitrogen and oxygen atoms in total. The van der Waals surface area contributed by atoms with E-state index in [2.05, 4.69) is 24.1 Å². The lowest BCUT2D eigenvalue weighted by Crippen LogP contribution is -2.24. The molecule has 1 aromatic rings. The second-order valence-corrected chi connectivity index (χ2v) is 5.99. The van der Waals surface area contributed by atoms with Gasteiger partial charge in [0.2, 0.25) is 0 Å². The summed E-state index contributed by atoms with van der Waals surface area (Å²) >= 11 is 0. The SMILES string of the molecule is CC1(C)CC1CNc1nccn(C2CC2)c1=O. The van der Waals surface area contributed by atoms with Gasteiger partial charge in [0, 0.05) is 25.0 Å². The number of rotatable bonds is 4. The third-order valence-electron chi connectivity index (χ3n) is 4.04. The van der Waals surface area contributed by atoms with E-state index >= 15 is 0 Å². The monoisotopic (exact) mass is 233 g/mol. The first-order valence-corrected chi connectivity index (χ1v) is 6.39. The maximum absolute atomic E-state index is 12.1. The Morgan fingerprint density at radius 1 is 1.53 bits per heavy atom. The van der Waals surface area contributed by atoms with Gasteiger partial charge in [0.25, 0.3) is 5.56 Å². The summed E-state index contributed by atoms with van der Waals surface area (Å²) in [6, 6.07) is 0.420. The van der Waals surface area contributed by atoms with Gasteiger partial charge in [-0.2, -0.15) is 0 Å². The Labute approximate surface area is 101 Å². The third kappa shape index (κ3) is 2.08. The Kier molecular flexibility index (Phi) is 2.28. The van der Waals surface area contributed by atoms with Gasteiger partial charge >= 0.3 is 0 Å². The van der Waals surface area contributed by atoms with Gasteiger partial charge in [0.05, 0.1) is 0 Å². The zero-order chi connectivity index (χ0) is 12.0. The predicted molar refractivity (Wildman–Crippen MR) is 67.1 cm³/mol. The highest BCUT2D eigenvalue weighted by molar-refractivity contribution is 5.32. The number of aromatic nitrogens is 2. The molecule has 3 rings (SSSR count). The normalized spacial score (nSPS) is 25.6. The molecule has 4 heteroatoms. The topological polar surface area (TPSA) is 46.9 Å². The summed E-state index contributed by atoms with van der Waals surface area (Å²) in [4.78, 5) is 16.2. The van der Waals surface area contributed by atoms with E-state index in [0.29, 0.717) is 23.2 Å². The molecule has 17 heavy (non-hydrogen) atoms. The molecule has 1 aromatic heterocycles. The van der Waals surface area contributed by atoms with E-state index in [9.17, 15) is 4.79 Å². The summed E-state index contributed by atoms with van der Waals surface area (Å²) in [5.74, 6) is 1.19. The van der Waals surface area contributed by atoms with E-state index in [-0.39, 0.29) is 5.56 Å². The summed E-state index contributed by atoms with van der Waals surface area (Å²) < 4.78 is 1.81. The van der Waals surface area contributed by atoms with Crippen molar-refractivity contribution in [2.75, 3.05) is 11.9 Å². The van der Waals surface area contributed by atoms with Gasteiger partial charge < -0.3 is 9.88 Å². The Morgan fingerprint density at radius 2 is 2.24 bits per heavy atom. The Morgan fingerprint density at radius 3 is 2.82 bits per heavy atom. The van der Waals surface area contributed by atoms with Crippen LogP contribution in [0, 0.1) is 11.3 Å². The molecule has 0 radical (unpaired) electrons. The predicted octanol–water partition coefficient (Wildman–Crippen LogP) is 2.04. The van der Waals surface area contributed by atoms with Gasteiger partial charge in [-0.3, -0.25) is 4.79 Å². The second-order valence-electron chi connectivity index (χ2n) is 5.99. The highest BCUT2D eigenvalue weighted by Crippen LogP contribution is 2.51. The van der Waals surface area contributed by atoms with Crippen molar-refractivity contribution in [1.82, 2.24) is 9.55 Å². The molecule has 1 N–H and O–H groups in total. The van der Waals surface area contributed by atoms with E-state index in [1.54, 1.807) is 12.4 Å². The lowest BCUT2D eigenvalue weighted by molar-refractivity contribution is 0.572. The fourth-order valence-electron chi connectivity index (χ4n) is 2.33. The lowest BCUT2D eigenvalue weighted by Gasteiger charge is -2.08. The van der Waals surface area contributed by atoms with Crippen LogP contribution in [0.25, 0.3) is 0 Å². The van der Waals surface area contributed by atoms with E-state index in [4.69, 9.17) is 0 Å². The summed E-state index contributed by atoms with van der Waals surface area (Å²) in [6.45, 7) is 5.39. The molecule has 0 saturated heterocycles. The van der Waals surface area contributed by atoms with Gasteiger partial charge in [-0.05, 0) is 30.6 Å². The number of hydrogen-bond acceptors (Lipinski definition) is 3. The maximum Gasteiger partial charge on any atom is 0.293 e. The molecule has 2 fully saturated rings. The standard InChI is InChI=1S/C13H19N3O/c1-13(2)7-9(13)8-15-11-12(17)16(6-5-14-11)10-3-4-10/h5-6,9-10H,3-4,7-8H2,1-2H3,(H,14,15). The Bertz CT molecular complexity index is 488. The van der Waals surface area contributed by atoms with Crippen molar-refractivity contribution in [2.45, 2.75) is 39.2 Å². The number of nitrogens with zero attached hydrogens (tertiary/aromatic N) is 2. The van der Waals surface area contributed by atoms with E-state index in [0.717, 1.165) is 19.4 Å². The molecule has 92 valence electrons. The molecule has 0 spiro atoms. The molecule has 0 amide bonds. The molecule has 2 aliphatic rings.